The first-order valence-electron chi connectivity index (χ1n) is 7.10. The fraction of sp³-hybridized carbons (Fsp3) is 0.235. The number of nitrogens with one attached hydrogen (secondary N) is 1. The highest BCUT2D eigenvalue weighted by molar-refractivity contribution is 5.77. The van der Waals surface area contributed by atoms with Crippen LogP contribution >= 0.6 is 0 Å². The average Bonchev–Trinajstić information content (AvgIpc) is 2.57. The number of amides is 1. The molecule has 5 nitrogen and oxygen atoms in total. The maximum atomic E-state index is 13.0. The molecule has 2 aromatic rings. The molecule has 1 amide bonds. The Hall–Kier alpha value is -2.76. The number of methoxy groups -OCH3 is 1. The van der Waals surface area contributed by atoms with Gasteiger partial charge in [0.1, 0.15) is 18.2 Å². The second kappa shape index (κ2) is 8.63. The second-order valence-electron chi connectivity index (χ2n) is 4.60. The summed E-state index contributed by atoms with van der Waals surface area (Å²) in [5.41, 5.74) is 0. The zero-order valence-corrected chi connectivity index (χ0v) is 12.8. The van der Waals surface area contributed by atoms with E-state index < -0.39 is 0 Å². The topological polar surface area (TPSA) is 56.8 Å². The van der Waals surface area contributed by atoms with E-state index in [-0.39, 0.29) is 24.9 Å². The van der Waals surface area contributed by atoms with E-state index in [0.717, 1.165) is 0 Å². The highest BCUT2D eigenvalue weighted by atomic mass is 19.1. The minimum Gasteiger partial charge on any atom is -0.493 e. The Labute approximate surface area is 134 Å². The number of halogens is 1. The van der Waals surface area contributed by atoms with Crippen molar-refractivity contribution in [3.8, 4) is 17.2 Å². The summed E-state index contributed by atoms with van der Waals surface area (Å²) in [5.74, 6) is 0.843. The first kappa shape index (κ1) is 16.6. The minimum atomic E-state index is -0.364. The Morgan fingerprint density at radius 3 is 2.61 bits per heavy atom. The zero-order valence-electron chi connectivity index (χ0n) is 12.8. The van der Waals surface area contributed by atoms with Gasteiger partial charge in [-0.1, -0.05) is 18.2 Å². The van der Waals surface area contributed by atoms with Crippen molar-refractivity contribution in [3.63, 3.8) is 0 Å². The average molecular weight is 319 g/mol. The largest absolute Gasteiger partial charge is 0.493 e. The molecule has 0 aromatic heterocycles. The molecular weight excluding hydrogens is 301 g/mol. The van der Waals surface area contributed by atoms with Crippen LogP contribution in [0.25, 0.3) is 0 Å². The summed E-state index contributed by atoms with van der Waals surface area (Å²) in [4.78, 5) is 11.7. The molecule has 0 heterocycles. The lowest BCUT2D eigenvalue weighted by Crippen LogP contribution is -2.32. The lowest BCUT2D eigenvalue weighted by Gasteiger charge is -2.11. The van der Waals surface area contributed by atoms with Crippen molar-refractivity contribution in [2.24, 2.45) is 0 Å². The van der Waals surface area contributed by atoms with E-state index in [1.807, 2.05) is 6.07 Å². The molecule has 0 spiro atoms. The van der Waals surface area contributed by atoms with Gasteiger partial charge in [0.2, 0.25) is 0 Å². The fourth-order valence-corrected chi connectivity index (χ4v) is 1.85. The van der Waals surface area contributed by atoms with Crippen LogP contribution in [0.1, 0.15) is 0 Å². The van der Waals surface area contributed by atoms with Gasteiger partial charge in [-0.2, -0.15) is 0 Å². The number of rotatable bonds is 8. The van der Waals surface area contributed by atoms with E-state index in [0.29, 0.717) is 23.8 Å². The third-order valence-corrected chi connectivity index (χ3v) is 2.92. The van der Waals surface area contributed by atoms with Crippen molar-refractivity contribution < 1.29 is 23.4 Å². The molecule has 0 saturated carbocycles. The lowest BCUT2D eigenvalue weighted by atomic mass is 10.3. The molecule has 0 unspecified atom stereocenters. The van der Waals surface area contributed by atoms with Crippen LogP contribution in [0.5, 0.6) is 17.2 Å². The summed E-state index contributed by atoms with van der Waals surface area (Å²) < 4.78 is 28.8. The number of carbonyl (C=O) groups excluding carboxylic acids is 1. The number of carbonyl (C=O) groups is 1. The Morgan fingerprint density at radius 1 is 1.09 bits per heavy atom. The Bertz CT molecular complexity index is 648. The van der Waals surface area contributed by atoms with Gasteiger partial charge in [0.25, 0.3) is 5.91 Å². The number of para-hydroxylation sites is 2. The molecule has 0 radical (unpaired) electrons. The highest BCUT2D eigenvalue weighted by Gasteiger charge is 2.06. The van der Waals surface area contributed by atoms with Gasteiger partial charge in [-0.05, 0) is 24.3 Å². The van der Waals surface area contributed by atoms with E-state index in [2.05, 4.69) is 5.32 Å². The molecule has 0 atom stereocenters. The molecule has 0 aliphatic heterocycles. The van der Waals surface area contributed by atoms with Gasteiger partial charge in [-0.25, -0.2) is 4.39 Å². The first-order chi connectivity index (χ1) is 11.2. The Morgan fingerprint density at radius 2 is 1.87 bits per heavy atom. The fourth-order valence-electron chi connectivity index (χ4n) is 1.85. The number of benzene rings is 2. The third-order valence-electron chi connectivity index (χ3n) is 2.92. The van der Waals surface area contributed by atoms with E-state index in [1.165, 1.54) is 19.2 Å². The minimum absolute atomic E-state index is 0.125. The summed E-state index contributed by atoms with van der Waals surface area (Å²) in [6, 6.07) is 12.9. The molecule has 0 aliphatic rings. The van der Waals surface area contributed by atoms with Crippen molar-refractivity contribution in [3.05, 3.63) is 54.3 Å². The summed E-state index contributed by atoms with van der Waals surface area (Å²) in [5, 5.41) is 2.65. The lowest BCUT2D eigenvalue weighted by molar-refractivity contribution is -0.123. The molecule has 0 aliphatic carbocycles. The van der Waals surface area contributed by atoms with Crippen LogP contribution in [0.4, 0.5) is 4.39 Å². The van der Waals surface area contributed by atoms with Crippen LogP contribution in [0.2, 0.25) is 0 Å². The summed E-state index contributed by atoms with van der Waals surface area (Å²) >= 11 is 0. The Kier molecular flexibility index (Phi) is 6.23. The molecule has 2 aromatic carbocycles. The summed E-state index contributed by atoms with van der Waals surface area (Å²) in [6.07, 6.45) is 0. The van der Waals surface area contributed by atoms with Crippen LogP contribution in [-0.4, -0.2) is 32.8 Å². The second-order valence-corrected chi connectivity index (χ2v) is 4.60. The molecule has 0 saturated heterocycles. The Balaban J connectivity index is 1.67. The van der Waals surface area contributed by atoms with E-state index in [1.54, 1.807) is 30.3 Å². The molecule has 6 heteroatoms. The maximum Gasteiger partial charge on any atom is 0.258 e. The first-order valence-corrected chi connectivity index (χ1v) is 7.10. The summed E-state index contributed by atoms with van der Waals surface area (Å²) in [7, 11) is 1.53. The molecule has 2 rings (SSSR count). The van der Waals surface area contributed by atoms with Crippen molar-refractivity contribution in [2.75, 3.05) is 26.9 Å². The van der Waals surface area contributed by atoms with Crippen molar-refractivity contribution in [1.29, 1.82) is 0 Å². The van der Waals surface area contributed by atoms with Gasteiger partial charge < -0.3 is 19.5 Å². The molecular formula is C17H18FNO4. The molecule has 0 fully saturated rings. The van der Waals surface area contributed by atoms with Crippen LogP contribution < -0.4 is 19.5 Å². The van der Waals surface area contributed by atoms with E-state index in [4.69, 9.17) is 14.2 Å². The predicted octanol–water partition coefficient (Wildman–Crippen LogP) is 2.41. The molecule has 0 bridgehead atoms. The van der Waals surface area contributed by atoms with Crippen LogP contribution in [0.3, 0.4) is 0 Å². The number of ether oxygens (including phenoxy) is 3. The molecule has 23 heavy (non-hydrogen) atoms. The highest BCUT2D eigenvalue weighted by Crippen LogP contribution is 2.25. The van der Waals surface area contributed by atoms with Gasteiger partial charge >= 0.3 is 0 Å². The summed E-state index contributed by atoms with van der Waals surface area (Å²) in [6.45, 7) is 0.412. The van der Waals surface area contributed by atoms with Crippen molar-refractivity contribution in [1.82, 2.24) is 5.32 Å². The molecule has 122 valence electrons. The van der Waals surface area contributed by atoms with Crippen molar-refractivity contribution >= 4 is 5.91 Å². The molecule has 1 N–H and O–H groups in total. The maximum absolute atomic E-state index is 13.0. The third kappa shape index (κ3) is 5.50. The predicted molar refractivity (Wildman–Crippen MR) is 83.4 cm³/mol. The van der Waals surface area contributed by atoms with Gasteiger partial charge in [0.15, 0.2) is 18.1 Å². The smallest absolute Gasteiger partial charge is 0.258 e. The van der Waals surface area contributed by atoms with Crippen LogP contribution in [-0.2, 0) is 4.79 Å². The van der Waals surface area contributed by atoms with Gasteiger partial charge in [-0.15, -0.1) is 0 Å². The van der Waals surface area contributed by atoms with Gasteiger partial charge in [0, 0.05) is 6.07 Å². The quantitative estimate of drug-likeness (QED) is 0.759. The van der Waals surface area contributed by atoms with Crippen LogP contribution in [0, 0.1) is 5.82 Å². The van der Waals surface area contributed by atoms with Gasteiger partial charge in [-0.3, -0.25) is 4.79 Å². The SMILES string of the molecule is COc1ccccc1OCC(=O)NCCOc1cccc(F)c1. The van der Waals surface area contributed by atoms with Gasteiger partial charge in [0.05, 0.1) is 13.7 Å². The van der Waals surface area contributed by atoms with Crippen LogP contribution in [0.15, 0.2) is 48.5 Å². The monoisotopic (exact) mass is 319 g/mol. The number of hydrogen-bond acceptors (Lipinski definition) is 4. The zero-order chi connectivity index (χ0) is 16.5. The number of hydrogen-bond donors (Lipinski definition) is 1. The standard InChI is InChI=1S/C17H18FNO4/c1-21-15-7-2-3-8-16(15)23-12-17(20)19-9-10-22-14-6-4-5-13(18)11-14/h2-8,11H,9-10,12H2,1H3,(H,19,20). The van der Waals surface area contributed by atoms with E-state index in [9.17, 15) is 9.18 Å². The van der Waals surface area contributed by atoms with Crippen molar-refractivity contribution in [2.45, 2.75) is 0 Å². The van der Waals surface area contributed by atoms with E-state index >= 15 is 0 Å². The normalized spacial score (nSPS) is 10.0.